The van der Waals surface area contributed by atoms with Gasteiger partial charge in [-0.1, -0.05) is 35.9 Å². The largest absolute Gasteiger partial charge is 0.318 e. The number of carbonyl (C=O) groups excluding carboxylic acids is 1. The summed E-state index contributed by atoms with van der Waals surface area (Å²) in [5, 5.41) is 3.92. The molecule has 0 bridgehead atoms. The molecule has 1 N–H and O–H groups in total. The fourth-order valence-corrected chi connectivity index (χ4v) is 2.37. The Labute approximate surface area is 134 Å². The van der Waals surface area contributed by atoms with Gasteiger partial charge in [0.05, 0.1) is 11.2 Å². The lowest BCUT2D eigenvalue weighted by molar-refractivity contribution is 0.102. The maximum Gasteiger partial charge on any atom is 0.274 e. The minimum atomic E-state index is -0.331. The predicted molar refractivity (Wildman–Crippen MR) is 86.6 cm³/mol. The Morgan fingerprint density at radius 1 is 1.19 bits per heavy atom. The van der Waals surface area contributed by atoms with Crippen LogP contribution < -0.4 is 5.32 Å². The number of rotatable bonds is 2. The van der Waals surface area contributed by atoms with Gasteiger partial charge >= 0.3 is 0 Å². The average molecular weight is 363 g/mol. The first-order valence-electron chi connectivity index (χ1n) is 6.12. The van der Waals surface area contributed by atoms with Crippen molar-refractivity contribution in [2.24, 2.45) is 0 Å². The second-order valence-corrected chi connectivity index (χ2v) is 5.61. The van der Waals surface area contributed by atoms with Gasteiger partial charge in [0.2, 0.25) is 0 Å². The second-order valence-electron chi connectivity index (χ2n) is 4.34. The Morgan fingerprint density at radius 2 is 2.00 bits per heavy atom. The van der Waals surface area contributed by atoms with Crippen molar-refractivity contribution in [2.75, 3.05) is 5.32 Å². The van der Waals surface area contributed by atoms with Gasteiger partial charge in [0, 0.05) is 16.1 Å². The van der Waals surface area contributed by atoms with Crippen molar-refractivity contribution in [3.8, 4) is 0 Å². The van der Waals surface area contributed by atoms with Crippen molar-refractivity contribution in [3.63, 3.8) is 0 Å². The number of para-hydroxylation sites is 1. The molecular formula is C15H9BrClN3O. The minimum absolute atomic E-state index is 0.229. The summed E-state index contributed by atoms with van der Waals surface area (Å²) in [6, 6.07) is 12.8. The van der Waals surface area contributed by atoms with Gasteiger partial charge in [-0.25, -0.2) is 9.97 Å². The van der Waals surface area contributed by atoms with Crippen LogP contribution >= 0.6 is 27.5 Å². The fraction of sp³-hybridized carbons (Fsp3) is 0. The summed E-state index contributed by atoms with van der Waals surface area (Å²) in [6.45, 7) is 0. The number of benzene rings is 1. The molecule has 0 fully saturated rings. The number of halogens is 2. The Kier molecular flexibility index (Phi) is 3.86. The second kappa shape index (κ2) is 5.79. The Hall–Kier alpha value is -1.98. The van der Waals surface area contributed by atoms with Crippen LogP contribution in [-0.2, 0) is 0 Å². The van der Waals surface area contributed by atoms with Gasteiger partial charge in [-0.05, 0) is 34.1 Å². The van der Waals surface area contributed by atoms with Gasteiger partial charge in [-0.3, -0.25) is 4.79 Å². The lowest BCUT2D eigenvalue weighted by atomic mass is 10.2. The van der Waals surface area contributed by atoms with Crippen LogP contribution in [0.1, 0.15) is 10.5 Å². The number of amides is 1. The van der Waals surface area contributed by atoms with E-state index < -0.39 is 0 Å². The molecule has 3 aromatic rings. The molecule has 1 amide bonds. The number of aromatic nitrogens is 2. The Bertz CT molecular complexity index is 838. The van der Waals surface area contributed by atoms with E-state index in [1.165, 1.54) is 0 Å². The number of hydrogen-bond donors (Lipinski definition) is 1. The van der Waals surface area contributed by atoms with Crippen LogP contribution in [0, 0.1) is 0 Å². The third-order valence-electron chi connectivity index (χ3n) is 2.88. The number of fused-ring (bicyclic) bond motifs is 1. The molecule has 0 saturated carbocycles. The maximum atomic E-state index is 12.2. The summed E-state index contributed by atoms with van der Waals surface area (Å²) < 4.78 is 0.730. The molecule has 3 rings (SSSR count). The van der Waals surface area contributed by atoms with Gasteiger partial charge in [-0.2, -0.15) is 0 Å². The normalized spacial score (nSPS) is 10.6. The topological polar surface area (TPSA) is 54.9 Å². The maximum absolute atomic E-state index is 12.2. The first-order valence-corrected chi connectivity index (χ1v) is 7.29. The molecular weight excluding hydrogens is 354 g/mol. The minimum Gasteiger partial charge on any atom is -0.318 e. The number of carbonyl (C=O) groups is 1. The van der Waals surface area contributed by atoms with E-state index in [-0.39, 0.29) is 11.1 Å². The van der Waals surface area contributed by atoms with E-state index in [4.69, 9.17) is 11.6 Å². The van der Waals surface area contributed by atoms with Crippen molar-refractivity contribution >= 4 is 50.0 Å². The molecule has 2 heterocycles. The summed E-state index contributed by atoms with van der Waals surface area (Å²) in [6.07, 6.45) is 1.56. The smallest absolute Gasteiger partial charge is 0.274 e. The number of pyridine rings is 2. The van der Waals surface area contributed by atoms with Crippen molar-refractivity contribution in [2.45, 2.75) is 0 Å². The lowest BCUT2D eigenvalue weighted by Crippen LogP contribution is -2.14. The number of nitrogens with one attached hydrogen (secondary N) is 1. The van der Waals surface area contributed by atoms with Gasteiger partial charge < -0.3 is 5.32 Å². The van der Waals surface area contributed by atoms with E-state index in [1.807, 2.05) is 30.3 Å². The summed E-state index contributed by atoms with van der Waals surface area (Å²) in [5.41, 5.74) is 1.53. The molecule has 0 radical (unpaired) electrons. The van der Waals surface area contributed by atoms with Crippen LogP contribution in [0.2, 0.25) is 5.15 Å². The van der Waals surface area contributed by atoms with E-state index in [1.54, 1.807) is 18.3 Å². The molecule has 0 aliphatic carbocycles. The van der Waals surface area contributed by atoms with Crippen LogP contribution in [0.25, 0.3) is 10.9 Å². The summed E-state index contributed by atoms with van der Waals surface area (Å²) in [7, 11) is 0. The molecule has 0 spiro atoms. The third-order valence-corrected chi connectivity index (χ3v) is 3.62. The molecule has 0 unspecified atom stereocenters. The SMILES string of the molecule is O=C(Nc1cc(Br)cnc1Cl)c1ccc2ccccc2n1. The van der Waals surface area contributed by atoms with Crippen LogP contribution in [0.15, 0.2) is 53.1 Å². The molecule has 0 aliphatic heterocycles. The molecule has 0 aliphatic rings. The van der Waals surface area contributed by atoms with Crippen molar-refractivity contribution in [3.05, 3.63) is 64.0 Å². The highest BCUT2D eigenvalue weighted by atomic mass is 79.9. The van der Waals surface area contributed by atoms with Crippen LogP contribution in [0.4, 0.5) is 5.69 Å². The number of hydrogen-bond acceptors (Lipinski definition) is 3. The molecule has 4 nitrogen and oxygen atoms in total. The zero-order valence-corrected chi connectivity index (χ0v) is 13.0. The van der Waals surface area contributed by atoms with Crippen molar-refractivity contribution in [1.82, 2.24) is 9.97 Å². The molecule has 2 aromatic heterocycles. The van der Waals surface area contributed by atoms with E-state index in [9.17, 15) is 4.79 Å². The van der Waals surface area contributed by atoms with E-state index in [0.717, 1.165) is 15.4 Å². The predicted octanol–water partition coefficient (Wildman–Crippen LogP) is 4.30. The standard InChI is InChI=1S/C15H9BrClN3O/c16-10-7-13(14(17)18-8-10)20-15(21)12-6-5-9-3-1-2-4-11(9)19-12/h1-8H,(H,20,21). The highest BCUT2D eigenvalue weighted by Gasteiger charge is 2.11. The van der Waals surface area contributed by atoms with Crippen molar-refractivity contribution < 1.29 is 4.79 Å². The summed E-state index contributed by atoms with van der Waals surface area (Å²) in [5.74, 6) is -0.331. The molecule has 6 heteroatoms. The fourth-order valence-electron chi connectivity index (χ4n) is 1.89. The highest BCUT2D eigenvalue weighted by Crippen LogP contribution is 2.23. The quantitative estimate of drug-likeness (QED) is 0.692. The zero-order valence-electron chi connectivity index (χ0n) is 10.7. The summed E-state index contributed by atoms with van der Waals surface area (Å²) in [4.78, 5) is 20.5. The van der Waals surface area contributed by atoms with E-state index >= 15 is 0 Å². The zero-order chi connectivity index (χ0) is 14.8. The third kappa shape index (κ3) is 3.04. The van der Waals surface area contributed by atoms with E-state index in [0.29, 0.717) is 11.4 Å². The van der Waals surface area contributed by atoms with Gasteiger partial charge in [0.15, 0.2) is 5.15 Å². The molecule has 0 atom stereocenters. The molecule has 1 aromatic carbocycles. The van der Waals surface area contributed by atoms with Crippen LogP contribution in [0.5, 0.6) is 0 Å². The van der Waals surface area contributed by atoms with Gasteiger partial charge in [0.1, 0.15) is 5.69 Å². The van der Waals surface area contributed by atoms with Crippen molar-refractivity contribution in [1.29, 1.82) is 0 Å². The molecule has 104 valence electrons. The van der Waals surface area contributed by atoms with Crippen LogP contribution in [-0.4, -0.2) is 15.9 Å². The molecule has 0 saturated heterocycles. The van der Waals surface area contributed by atoms with Gasteiger partial charge in [-0.15, -0.1) is 0 Å². The summed E-state index contributed by atoms with van der Waals surface area (Å²) >= 11 is 9.24. The Balaban J connectivity index is 1.91. The average Bonchev–Trinajstić information content (AvgIpc) is 2.50. The highest BCUT2D eigenvalue weighted by molar-refractivity contribution is 9.10. The lowest BCUT2D eigenvalue weighted by Gasteiger charge is -2.07. The molecule has 21 heavy (non-hydrogen) atoms. The van der Waals surface area contributed by atoms with Gasteiger partial charge in [0.25, 0.3) is 5.91 Å². The first kappa shape index (κ1) is 14.0. The number of nitrogens with zero attached hydrogens (tertiary/aromatic N) is 2. The van der Waals surface area contributed by atoms with Crippen LogP contribution in [0.3, 0.4) is 0 Å². The monoisotopic (exact) mass is 361 g/mol. The first-order chi connectivity index (χ1) is 10.1. The Morgan fingerprint density at radius 3 is 2.86 bits per heavy atom. The number of anilines is 1. The van der Waals surface area contributed by atoms with E-state index in [2.05, 4.69) is 31.2 Å².